The monoisotopic (exact) mass is 715 g/mol. The highest BCUT2D eigenvalue weighted by Gasteiger charge is 2.16. The third-order valence-corrected chi connectivity index (χ3v) is 10.7. The lowest BCUT2D eigenvalue weighted by Crippen LogP contribution is -2.09. The van der Waals surface area contributed by atoms with Crippen molar-refractivity contribution in [3.8, 4) is 55.8 Å². The molecule has 0 N–H and O–H groups in total. The zero-order valence-corrected chi connectivity index (χ0v) is 30.7. The minimum atomic E-state index is 0.869. The summed E-state index contributed by atoms with van der Waals surface area (Å²) < 4.78 is 6.32. The second-order valence-corrected chi connectivity index (χ2v) is 14.2. The van der Waals surface area contributed by atoms with E-state index in [4.69, 9.17) is 4.42 Å². The molecule has 0 atom stereocenters. The first-order chi connectivity index (χ1) is 27.7. The Morgan fingerprint density at radius 1 is 0.268 bits per heavy atom. The van der Waals surface area contributed by atoms with Gasteiger partial charge in [0.1, 0.15) is 11.3 Å². The predicted octanol–water partition coefficient (Wildman–Crippen LogP) is 15.4. The van der Waals surface area contributed by atoms with Gasteiger partial charge in [0.15, 0.2) is 0 Å². The van der Waals surface area contributed by atoms with Crippen molar-refractivity contribution in [3.05, 3.63) is 224 Å². The van der Waals surface area contributed by atoms with Gasteiger partial charge in [0.25, 0.3) is 0 Å². The van der Waals surface area contributed by atoms with Gasteiger partial charge in [-0.3, -0.25) is 0 Å². The third-order valence-electron chi connectivity index (χ3n) is 10.7. The van der Waals surface area contributed by atoms with Crippen LogP contribution in [0.15, 0.2) is 229 Å². The molecule has 9 aromatic carbocycles. The van der Waals surface area contributed by atoms with Crippen molar-refractivity contribution in [2.75, 3.05) is 4.90 Å². The lowest BCUT2D eigenvalue weighted by atomic mass is 9.97. The number of rotatable bonds is 8. The van der Waals surface area contributed by atoms with Crippen LogP contribution in [0.5, 0.6) is 0 Å². The van der Waals surface area contributed by atoms with E-state index in [0.717, 1.165) is 50.5 Å². The largest absolute Gasteiger partial charge is 0.456 e. The smallest absolute Gasteiger partial charge is 0.136 e. The molecule has 0 radical (unpaired) electrons. The van der Waals surface area contributed by atoms with Crippen LogP contribution in [-0.4, -0.2) is 0 Å². The van der Waals surface area contributed by atoms with Gasteiger partial charge in [-0.2, -0.15) is 0 Å². The maximum atomic E-state index is 6.32. The van der Waals surface area contributed by atoms with Crippen molar-refractivity contribution < 1.29 is 4.42 Å². The molecule has 2 heteroatoms. The standard InChI is InChI=1S/C54H37NO/c1-2-11-38(12-3-1)44-16-10-17-45(35-44)40-23-29-48(30-24-40)55(49-31-25-41(26-32-49)46-22-21-39-13-4-5-14-43(39)36-46)50-33-27-42(28-34-50)51-18-7-8-19-52(51)54-37-47-15-6-9-20-53(47)56-54/h1-37H. The molecule has 0 unspecified atom stereocenters. The van der Waals surface area contributed by atoms with E-state index in [2.05, 4.69) is 211 Å². The molecule has 1 heterocycles. The van der Waals surface area contributed by atoms with Crippen LogP contribution >= 0.6 is 0 Å². The van der Waals surface area contributed by atoms with E-state index in [0.29, 0.717) is 0 Å². The van der Waals surface area contributed by atoms with Crippen LogP contribution < -0.4 is 4.90 Å². The molecule has 56 heavy (non-hydrogen) atoms. The minimum absolute atomic E-state index is 0.869. The van der Waals surface area contributed by atoms with Gasteiger partial charge in [-0.25, -0.2) is 0 Å². The number of hydrogen-bond donors (Lipinski definition) is 0. The topological polar surface area (TPSA) is 16.4 Å². The van der Waals surface area contributed by atoms with Crippen molar-refractivity contribution in [3.63, 3.8) is 0 Å². The van der Waals surface area contributed by atoms with E-state index in [1.807, 2.05) is 18.2 Å². The Morgan fingerprint density at radius 3 is 1.38 bits per heavy atom. The first-order valence-corrected chi connectivity index (χ1v) is 19.1. The van der Waals surface area contributed by atoms with Gasteiger partial charge >= 0.3 is 0 Å². The van der Waals surface area contributed by atoms with E-state index in [1.54, 1.807) is 0 Å². The van der Waals surface area contributed by atoms with E-state index in [-0.39, 0.29) is 0 Å². The molecule has 0 saturated heterocycles. The summed E-state index contributed by atoms with van der Waals surface area (Å²) in [5.74, 6) is 0.869. The van der Waals surface area contributed by atoms with Crippen molar-refractivity contribution in [1.82, 2.24) is 0 Å². The first kappa shape index (κ1) is 33.2. The lowest BCUT2D eigenvalue weighted by molar-refractivity contribution is 0.632. The molecular weight excluding hydrogens is 679 g/mol. The van der Waals surface area contributed by atoms with Gasteiger partial charge in [-0.15, -0.1) is 0 Å². The summed E-state index contributed by atoms with van der Waals surface area (Å²) in [7, 11) is 0. The Balaban J connectivity index is 1.02. The average molecular weight is 716 g/mol. The van der Waals surface area contributed by atoms with Crippen molar-refractivity contribution in [1.29, 1.82) is 0 Å². The zero-order valence-electron chi connectivity index (χ0n) is 30.7. The van der Waals surface area contributed by atoms with Crippen LogP contribution in [-0.2, 0) is 0 Å². The SMILES string of the molecule is c1ccc(-c2cccc(-c3ccc(N(c4ccc(-c5ccc6ccccc6c5)cc4)c4ccc(-c5ccccc5-c5cc6ccccc6o5)cc4)cc3)c2)cc1. The fourth-order valence-electron chi connectivity index (χ4n) is 7.79. The maximum Gasteiger partial charge on any atom is 0.136 e. The second kappa shape index (κ2) is 14.4. The Morgan fingerprint density at radius 2 is 0.732 bits per heavy atom. The Hall–Kier alpha value is -7.42. The Labute approximate surface area is 327 Å². The summed E-state index contributed by atoms with van der Waals surface area (Å²) in [6.45, 7) is 0. The maximum absolute atomic E-state index is 6.32. The van der Waals surface area contributed by atoms with Gasteiger partial charge in [0, 0.05) is 28.0 Å². The van der Waals surface area contributed by atoms with Gasteiger partial charge in [-0.05, 0) is 116 Å². The number of hydrogen-bond acceptors (Lipinski definition) is 2. The van der Waals surface area contributed by atoms with Crippen molar-refractivity contribution in [2.24, 2.45) is 0 Å². The predicted molar refractivity (Wildman–Crippen MR) is 236 cm³/mol. The molecule has 0 spiro atoms. The minimum Gasteiger partial charge on any atom is -0.456 e. The summed E-state index contributed by atoms with van der Waals surface area (Å²) in [5, 5.41) is 3.59. The summed E-state index contributed by atoms with van der Waals surface area (Å²) in [4.78, 5) is 2.34. The van der Waals surface area contributed by atoms with E-state index in [9.17, 15) is 0 Å². The van der Waals surface area contributed by atoms with Crippen LogP contribution in [0.25, 0.3) is 77.6 Å². The molecule has 0 aliphatic rings. The Kier molecular flexibility index (Phi) is 8.55. The van der Waals surface area contributed by atoms with E-state index in [1.165, 1.54) is 44.2 Å². The fourth-order valence-corrected chi connectivity index (χ4v) is 7.79. The fraction of sp³-hybridized carbons (Fsp3) is 0. The average Bonchev–Trinajstić information content (AvgIpc) is 3.72. The van der Waals surface area contributed by atoms with Gasteiger partial charge in [-0.1, -0.05) is 164 Å². The number of fused-ring (bicyclic) bond motifs is 2. The Bertz CT molecular complexity index is 2910. The number of para-hydroxylation sites is 1. The molecule has 0 aliphatic carbocycles. The molecule has 0 fully saturated rings. The van der Waals surface area contributed by atoms with Crippen LogP contribution in [0.2, 0.25) is 0 Å². The van der Waals surface area contributed by atoms with Gasteiger partial charge in [0.2, 0.25) is 0 Å². The molecule has 0 amide bonds. The zero-order chi connectivity index (χ0) is 37.3. The molecule has 264 valence electrons. The molecule has 0 saturated carbocycles. The highest BCUT2D eigenvalue weighted by atomic mass is 16.3. The highest BCUT2D eigenvalue weighted by molar-refractivity contribution is 5.90. The van der Waals surface area contributed by atoms with E-state index >= 15 is 0 Å². The quantitative estimate of drug-likeness (QED) is 0.156. The molecular formula is C54H37NO. The first-order valence-electron chi connectivity index (χ1n) is 19.1. The number of anilines is 3. The third kappa shape index (κ3) is 6.44. The molecule has 0 bridgehead atoms. The summed E-state index contributed by atoms with van der Waals surface area (Å²) in [5.41, 5.74) is 14.7. The normalized spacial score (nSPS) is 11.2. The van der Waals surface area contributed by atoms with Gasteiger partial charge < -0.3 is 9.32 Å². The molecule has 2 nitrogen and oxygen atoms in total. The lowest BCUT2D eigenvalue weighted by Gasteiger charge is -2.26. The van der Waals surface area contributed by atoms with Crippen LogP contribution in [0, 0.1) is 0 Å². The van der Waals surface area contributed by atoms with Gasteiger partial charge in [0.05, 0.1) is 0 Å². The molecule has 10 rings (SSSR count). The summed E-state index contributed by atoms with van der Waals surface area (Å²) >= 11 is 0. The van der Waals surface area contributed by atoms with E-state index < -0.39 is 0 Å². The number of benzene rings is 9. The molecule has 0 aliphatic heterocycles. The van der Waals surface area contributed by atoms with Crippen LogP contribution in [0.1, 0.15) is 0 Å². The highest BCUT2D eigenvalue weighted by Crippen LogP contribution is 2.40. The number of furan rings is 1. The summed E-state index contributed by atoms with van der Waals surface area (Å²) in [6, 6.07) is 80.1. The molecule has 10 aromatic rings. The van der Waals surface area contributed by atoms with Crippen molar-refractivity contribution in [2.45, 2.75) is 0 Å². The number of nitrogens with zero attached hydrogens (tertiary/aromatic N) is 1. The summed E-state index contributed by atoms with van der Waals surface area (Å²) in [6.07, 6.45) is 0. The van der Waals surface area contributed by atoms with Crippen molar-refractivity contribution >= 4 is 38.8 Å². The molecule has 1 aromatic heterocycles. The second-order valence-electron chi connectivity index (χ2n) is 14.2. The van der Waals surface area contributed by atoms with Crippen LogP contribution in [0.4, 0.5) is 17.1 Å². The van der Waals surface area contributed by atoms with Crippen LogP contribution in [0.3, 0.4) is 0 Å².